The van der Waals surface area contributed by atoms with Gasteiger partial charge in [0.2, 0.25) is 0 Å². The zero-order chi connectivity index (χ0) is 29.9. The van der Waals surface area contributed by atoms with Gasteiger partial charge in [0, 0.05) is 36.4 Å². The highest BCUT2D eigenvalue weighted by Crippen LogP contribution is 2.34. The van der Waals surface area contributed by atoms with Crippen molar-refractivity contribution in [3.63, 3.8) is 0 Å². The van der Waals surface area contributed by atoms with E-state index >= 15 is 0 Å². The average molecular weight is 597 g/mol. The molecule has 0 saturated carbocycles. The van der Waals surface area contributed by atoms with Crippen molar-refractivity contribution >= 4 is 34.0 Å². The quantitative estimate of drug-likeness (QED) is 0.219. The molecule has 1 aliphatic heterocycles. The van der Waals surface area contributed by atoms with Gasteiger partial charge in [0.15, 0.2) is 5.13 Å². The smallest absolute Gasteiger partial charge is 0.416 e. The van der Waals surface area contributed by atoms with E-state index in [2.05, 4.69) is 10.3 Å². The molecule has 42 heavy (non-hydrogen) atoms. The number of anilines is 2. The summed E-state index contributed by atoms with van der Waals surface area (Å²) < 4.78 is 46.8. The third kappa shape index (κ3) is 6.51. The van der Waals surface area contributed by atoms with Crippen molar-refractivity contribution in [1.82, 2.24) is 14.5 Å². The van der Waals surface area contributed by atoms with Crippen molar-refractivity contribution in [3.8, 4) is 11.4 Å². The molecule has 0 aliphatic carbocycles. The maximum Gasteiger partial charge on any atom is 0.416 e. The predicted molar refractivity (Wildman–Crippen MR) is 156 cm³/mol. The van der Waals surface area contributed by atoms with Crippen LogP contribution in [0.2, 0.25) is 0 Å². The predicted octanol–water partition coefficient (Wildman–Crippen LogP) is 7.15. The van der Waals surface area contributed by atoms with Crippen molar-refractivity contribution in [2.45, 2.75) is 39.4 Å². The molecule has 11 heteroatoms. The van der Waals surface area contributed by atoms with E-state index in [1.165, 1.54) is 17.4 Å². The minimum Gasteiger partial charge on any atom is -0.466 e. The third-order valence-corrected chi connectivity index (χ3v) is 8.15. The molecule has 1 aliphatic rings. The number of hydrogen-bond acceptors (Lipinski definition) is 6. The van der Waals surface area contributed by atoms with Gasteiger partial charge >= 0.3 is 12.1 Å². The fourth-order valence-corrected chi connectivity index (χ4v) is 5.86. The fraction of sp³-hybridized carbons (Fsp3) is 0.323. The van der Waals surface area contributed by atoms with Crippen LogP contribution in [0, 0.1) is 12.8 Å². The van der Waals surface area contributed by atoms with Crippen LogP contribution in [0.4, 0.5) is 24.0 Å². The van der Waals surface area contributed by atoms with Crippen LogP contribution in [0.25, 0.3) is 11.4 Å². The zero-order valence-electron chi connectivity index (χ0n) is 23.3. The van der Waals surface area contributed by atoms with E-state index < -0.39 is 11.7 Å². The number of piperidine rings is 1. The summed E-state index contributed by atoms with van der Waals surface area (Å²) in [6.07, 6.45) is -3.34. The fourth-order valence-electron chi connectivity index (χ4n) is 5.14. The molecule has 1 saturated heterocycles. The molecule has 5 rings (SSSR count). The number of benzene rings is 2. The largest absolute Gasteiger partial charge is 0.466 e. The Labute approximate surface area is 245 Å². The number of alkyl halides is 3. The van der Waals surface area contributed by atoms with E-state index in [0.29, 0.717) is 55.5 Å². The van der Waals surface area contributed by atoms with Crippen molar-refractivity contribution in [2.75, 3.05) is 25.0 Å². The number of carbonyl (C=O) groups excluding carboxylic acids is 2. The van der Waals surface area contributed by atoms with Crippen LogP contribution in [-0.2, 0) is 22.3 Å². The van der Waals surface area contributed by atoms with Gasteiger partial charge in [-0.05, 0) is 56.5 Å². The Morgan fingerprint density at radius 3 is 2.50 bits per heavy atom. The van der Waals surface area contributed by atoms with E-state index in [-0.39, 0.29) is 23.5 Å². The topological polar surface area (TPSA) is 76.5 Å². The van der Waals surface area contributed by atoms with E-state index in [1.54, 1.807) is 17.9 Å². The van der Waals surface area contributed by atoms with E-state index in [0.717, 1.165) is 29.1 Å². The number of thiazole rings is 1. The summed E-state index contributed by atoms with van der Waals surface area (Å²) in [6.45, 7) is 5.45. The molecule has 0 spiro atoms. The molecule has 0 atom stereocenters. The lowest BCUT2D eigenvalue weighted by Crippen LogP contribution is -2.40. The Bertz CT molecular complexity index is 1560. The molecular formula is C31H31F3N4O3S. The van der Waals surface area contributed by atoms with Crippen LogP contribution in [0.1, 0.15) is 46.9 Å². The minimum atomic E-state index is -4.45. The highest BCUT2D eigenvalue weighted by Gasteiger charge is 2.32. The van der Waals surface area contributed by atoms with Crippen molar-refractivity contribution < 1.29 is 27.5 Å². The molecule has 0 radical (unpaired) electrons. The number of aromatic nitrogens is 2. The van der Waals surface area contributed by atoms with Crippen molar-refractivity contribution in [3.05, 3.63) is 88.4 Å². The lowest BCUT2D eigenvalue weighted by molar-refractivity contribution is -0.149. The summed E-state index contributed by atoms with van der Waals surface area (Å²) in [5.74, 6) is -0.526. The van der Waals surface area contributed by atoms with Gasteiger partial charge in [-0.1, -0.05) is 36.4 Å². The normalized spacial score (nSPS) is 14.2. The molecule has 3 heterocycles. The van der Waals surface area contributed by atoms with Crippen LogP contribution in [-0.4, -0.2) is 46.0 Å². The summed E-state index contributed by atoms with van der Waals surface area (Å²) >= 11 is 1.27. The summed E-state index contributed by atoms with van der Waals surface area (Å²) in [6, 6.07) is 16.7. The Morgan fingerprint density at radius 1 is 1.07 bits per heavy atom. The SMILES string of the molecule is CCOC(=O)C1CCN(C(=O)c2cc(-c3csc(Nc4cccc(C(F)(F)F)c4)n3)n(Cc3ccccc3)c2C)CC1. The van der Waals surface area contributed by atoms with Gasteiger partial charge in [-0.3, -0.25) is 9.59 Å². The van der Waals surface area contributed by atoms with Crippen LogP contribution >= 0.6 is 11.3 Å². The maximum atomic E-state index is 13.7. The number of esters is 1. The first-order valence-electron chi connectivity index (χ1n) is 13.7. The summed E-state index contributed by atoms with van der Waals surface area (Å²) in [4.78, 5) is 32.3. The van der Waals surface area contributed by atoms with E-state index in [4.69, 9.17) is 4.74 Å². The summed E-state index contributed by atoms with van der Waals surface area (Å²) in [5.41, 5.74) is 3.25. The number of ether oxygens (including phenoxy) is 1. The molecule has 4 aromatic rings. The molecule has 0 bridgehead atoms. The molecule has 1 N–H and O–H groups in total. The second kappa shape index (κ2) is 12.4. The highest BCUT2D eigenvalue weighted by molar-refractivity contribution is 7.14. The lowest BCUT2D eigenvalue weighted by atomic mass is 9.96. The molecule has 1 amide bonds. The number of likely N-dealkylation sites (tertiary alicyclic amines) is 1. The minimum absolute atomic E-state index is 0.111. The average Bonchev–Trinajstić information content (AvgIpc) is 3.57. The number of nitrogens with zero attached hydrogens (tertiary/aromatic N) is 3. The van der Waals surface area contributed by atoms with Gasteiger partial charge in [-0.2, -0.15) is 13.2 Å². The van der Waals surface area contributed by atoms with Gasteiger partial charge in [-0.15, -0.1) is 11.3 Å². The number of hydrogen-bond donors (Lipinski definition) is 1. The first-order valence-corrected chi connectivity index (χ1v) is 14.6. The molecule has 2 aromatic heterocycles. The number of carbonyl (C=O) groups is 2. The number of halogens is 3. The van der Waals surface area contributed by atoms with Gasteiger partial charge in [0.05, 0.1) is 35.0 Å². The Hall–Kier alpha value is -4.12. The van der Waals surface area contributed by atoms with Gasteiger partial charge in [0.25, 0.3) is 5.91 Å². The summed E-state index contributed by atoms with van der Waals surface area (Å²) in [7, 11) is 0. The molecule has 7 nitrogen and oxygen atoms in total. The second-order valence-electron chi connectivity index (χ2n) is 10.2. The molecule has 0 unspecified atom stereocenters. The van der Waals surface area contributed by atoms with Gasteiger partial charge in [0.1, 0.15) is 0 Å². The maximum absolute atomic E-state index is 13.7. The number of amides is 1. The Balaban J connectivity index is 1.42. The second-order valence-corrected chi connectivity index (χ2v) is 11.0. The van der Waals surface area contributed by atoms with Crippen LogP contribution in [0.5, 0.6) is 0 Å². The Kier molecular flexibility index (Phi) is 8.67. The number of rotatable bonds is 8. The number of nitrogens with one attached hydrogen (secondary N) is 1. The molecule has 2 aromatic carbocycles. The van der Waals surface area contributed by atoms with Crippen molar-refractivity contribution in [1.29, 1.82) is 0 Å². The first-order chi connectivity index (χ1) is 20.1. The van der Waals surface area contributed by atoms with E-state index in [9.17, 15) is 22.8 Å². The van der Waals surface area contributed by atoms with Crippen molar-refractivity contribution in [2.24, 2.45) is 5.92 Å². The van der Waals surface area contributed by atoms with E-state index in [1.807, 2.05) is 53.3 Å². The molecule has 220 valence electrons. The lowest BCUT2D eigenvalue weighted by Gasteiger charge is -2.31. The van der Waals surface area contributed by atoms with Gasteiger partial charge < -0.3 is 19.5 Å². The third-order valence-electron chi connectivity index (χ3n) is 7.39. The molecular weight excluding hydrogens is 565 g/mol. The van der Waals surface area contributed by atoms with Crippen LogP contribution in [0.15, 0.2) is 66.0 Å². The standard InChI is InChI=1S/C31H31F3N4O3S/c1-3-41-29(40)22-12-14-37(15-13-22)28(39)25-17-27(38(20(25)2)18-21-8-5-4-6-9-21)26-19-42-30(36-26)35-24-11-7-10-23(16-24)31(32,33)34/h4-11,16-17,19,22H,3,12-15,18H2,1-2H3,(H,35,36). The summed E-state index contributed by atoms with van der Waals surface area (Å²) in [5, 5.41) is 5.24. The first kappa shape index (κ1) is 29.4. The molecule has 1 fully saturated rings. The highest BCUT2D eigenvalue weighted by atomic mass is 32.1. The monoisotopic (exact) mass is 596 g/mol. The van der Waals surface area contributed by atoms with Gasteiger partial charge in [-0.25, -0.2) is 4.98 Å². The zero-order valence-corrected chi connectivity index (χ0v) is 24.1. The Morgan fingerprint density at radius 2 is 1.81 bits per heavy atom. The van der Waals surface area contributed by atoms with Crippen LogP contribution < -0.4 is 5.32 Å². The van der Waals surface area contributed by atoms with Crippen LogP contribution in [0.3, 0.4) is 0 Å².